The van der Waals surface area contributed by atoms with Crippen LogP contribution in [0, 0.1) is 6.92 Å². The van der Waals surface area contributed by atoms with Crippen LogP contribution < -0.4 is 10.2 Å². The number of likely N-dealkylation sites (N-methyl/N-ethyl adjacent to an activating group) is 2. The van der Waals surface area contributed by atoms with Crippen LogP contribution in [-0.2, 0) is 11.4 Å². The van der Waals surface area contributed by atoms with Gasteiger partial charge in [0, 0.05) is 18.8 Å². The van der Waals surface area contributed by atoms with Gasteiger partial charge in [-0.25, -0.2) is 0 Å². The van der Waals surface area contributed by atoms with E-state index in [9.17, 15) is 4.79 Å². The molecule has 1 rings (SSSR count). The zero-order chi connectivity index (χ0) is 13.5. The Labute approximate surface area is 109 Å². The summed E-state index contributed by atoms with van der Waals surface area (Å²) in [5.74, 6) is 0.0308. The Kier molecular flexibility index (Phi) is 5.65. The molecule has 4 nitrogen and oxygen atoms in total. The maximum atomic E-state index is 11.6. The molecule has 0 aliphatic rings. The lowest BCUT2D eigenvalue weighted by atomic mass is 10.1. The van der Waals surface area contributed by atoms with Gasteiger partial charge in [0.05, 0.1) is 13.2 Å². The molecule has 100 valence electrons. The van der Waals surface area contributed by atoms with Crippen LogP contribution in [0.25, 0.3) is 0 Å². The summed E-state index contributed by atoms with van der Waals surface area (Å²) in [5, 5.41) is 11.9. The first kappa shape index (κ1) is 14.5. The summed E-state index contributed by atoms with van der Waals surface area (Å²) >= 11 is 0. The number of hydrogen-bond acceptors (Lipinski definition) is 3. The largest absolute Gasteiger partial charge is 0.392 e. The van der Waals surface area contributed by atoms with Crippen molar-refractivity contribution in [3.63, 3.8) is 0 Å². The van der Waals surface area contributed by atoms with Gasteiger partial charge in [-0.2, -0.15) is 0 Å². The van der Waals surface area contributed by atoms with E-state index in [0.29, 0.717) is 13.1 Å². The predicted molar refractivity (Wildman–Crippen MR) is 73.7 cm³/mol. The first-order valence-corrected chi connectivity index (χ1v) is 6.34. The van der Waals surface area contributed by atoms with Gasteiger partial charge in [0.15, 0.2) is 0 Å². The van der Waals surface area contributed by atoms with Crippen LogP contribution in [0.1, 0.15) is 25.0 Å². The molecule has 2 N–H and O–H groups in total. The second kappa shape index (κ2) is 7.01. The predicted octanol–water partition coefficient (Wildman–Crippen LogP) is 1.45. The van der Waals surface area contributed by atoms with Crippen LogP contribution >= 0.6 is 0 Å². The number of aliphatic hydroxyl groups excluding tert-OH is 1. The van der Waals surface area contributed by atoms with Gasteiger partial charge in [0.25, 0.3) is 0 Å². The molecule has 18 heavy (non-hydrogen) atoms. The number of amides is 1. The lowest BCUT2D eigenvalue weighted by Crippen LogP contribution is -2.37. The van der Waals surface area contributed by atoms with Crippen molar-refractivity contribution in [1.29, 1.82) is 0 Å². The van der Waals surface area contributed by atoms with E-state index < -0.39 is 0 Å². The number of benzene rings is 1. The molecule has 0 spiro atoms. The van der Waals surface area contributed by atoms with E-state index in [2.05, 4.69) is 5.32 Å². The Hall–Kier alpha value is -1.55. The molecule has 0 bridgehead atoms. The lowest BCUT2D eigenvalue weighted by Gasteiger charge is -2.23. The van der Waals surface area contributed by atoms with Crippen LogP contribution in [-0.4, -0.2) is 30.6 Å². The molecular formula is C14H22N2O2. The Morgan fingerprint density at radius 1 is 1.39 bits per heavy atom. The molecule has 0 aliphatic carbocycles. The summed E-state index contributed by atoms with van der Waals surface area (Å²) in [6.45, 7) is 7.74. The maximum Gasteiger partial charge on any atom is 0.239 e. The Bertz CT molecular complexity index is 405. The molecule has 1 amide bonds. The third-order valence-corrected chi connectivity index (χ3v) is 2.95. The third kappa shape index (κ3) is 3.74. The van der Waals surface area contributed by atoms with Crippen molar-refractivity contribution in [3.05, 3.63) is 29.3 Å². The van der Waals surface area contributed by atoms with Crippen molar-refractivity contribution in [3.8, 4) is 0 Å². The molecule has 1 aromatic rings. The number of carbonyl (C=O) groups excluding carboxylic acids is 1. The zero-order valence-electron chi connectivity index (χ0n) is 11.4. The van der Waals surface area contributed by atoms with E-state index in [1.165, 1.54) is 0 Å². The molecule has 4 heteroatoms. The van der Waals surface area contributed by atoms with Crippen molar-refractivity contribution < 1.29 is 9.90 Å². The topological polar surface area (TPSA) is 52.6 Å². The van der Waals surface area contributed by atoms with Crippen molar-refractivity contribution in [2.24, 2.45) is 0 Å². The van der Waals surface area contributed by atoms with Crippen molar-refractivity contribution in [1.82, 2.24) is 5.32 Å². The van der Waals surface area contributed by atoms with Gasteiger partial charge in [0.2, 0.25) is 5.91 Å². The van der Waals surface area contributed by atoms with Gasteiger partial charge >= 0.3 is 0 Å². The van der Waals surface area contributed by atoms with Crippen molar-refractivity contribution in [2.45, 2.75) is 27.4 Å². The number of rotatable bonds is 6. The van der Waals surface area contributed by atoms with Crippen LogP contribution in [0.15, 0.2) is 18.2 Å². The molecule has 0 unspecified atom stereocenters. The van der Waals surface area contributed by atoms with E-state index in [-0.39, 0.29) is 12.5 Å². The molecule has 0 aromatic heterocycles. The number of carbonyl (C=O) groups is 1. The molecule has 0 saturated heterocycles. The number of aryl methyl sites for hydroxylation is 1. The van der Waals surface area contributed by atoms with Gasteiger partial charge in [0.1, 0.15) is 0 Å². The molecule has 0 aliphatic heterocycles. The fourth-order valence-corrected chi connectivity index (χ4v) is 1.87. The number of nitrogens with one attached hydrogen (secondary N) is 1. The normalized spacial score (nSPS) is 10.2. The van der Waals surface area contributed by atoms with E-state index >= 15 is 0 Å². The minimum Gasteiger partial charge on any atom is -0.392 e. The van der Waals surface area contributed by atoms with Crippen molar-refractivity contribution >= 4 is 11.6 Å². The van der Waals surface area contributed by atoms with Gasteiger partial charge in [-0.15, -0.1) is 0 Å². The molecule has 0 saturated carbocycles. The van der Waals surface area contributed by atoms with Gasteiger partial charge in [-0.1, -0.05) is 6.07 Å². The lowest BCUT2D eigenvalue weighted by molar-refractivity contribution is -0.119. The molecule has 0 fully saturated rings. The minimum atomic E-state index is 0.0308. The quantitative estimate of drug-likeness (QED) is 0.803. The number of anilines is 1. The SMILES string of the molecule is CCNC(=O)CN(CC)c1ccc(CO)c(C)c1. The Morgan fingerprint density at radius 2 is 2.11 bits per heavy atom. The molecule has 0 radical (unpaired) electrons. The minimum absolute atomic E-state index is 0.0308. The van der Waals surface area contributed by atoms with Gasteiger partial charge in [-0.05, 0) is 44.0 Å². The summed E-state index contributed by atoms with van der Waals surface area (Å²) in [4.78, 5) is 13.6. The van der Waals surface area contributed by atoms with Gasteiger partial charge < -0.3 is 15.3 Å². The summed E-state index contributed by atoms with van der Waals surface area (Å²) in [6, 6.07) is 5.86. The highest BCUT2D eigenvalue weighted by molar-refractivity contribution is 5.81. The van der Waals surface area contributed by atoms with Crippen LogP contribution in [0.2, 0.25) is 0 Å². The highest BCUT2D eigenvalue weighted by Crippen LogP contribution is 2.19. The highest BCUT2D eigenvalue weighted by Gasteiger charge is 2.10. The summed E-state index contributed by atoms with van der Waals surface area (Å²) in [6.07, 6.45) is 0. The zero-order valence-corrected chi connectivity index (χ0v) is 11.4. The first-order chi connectivity index (χ1) is 8.62. The van der Waals surface area contributed by atoms with E-state index in [1.807, 2.05) is 43.9 Å². The van der Waals surface area contributed by atoms with Crippen LogP contribution in [0.5, 0.6) is 0 Å². The Balaban J connectivity index is 2.82. The van der Waals surface area contributed by atoms with E-state index in [1.54, 1.807) is 0 Å². The van der Waals surface area contributed by atoms with Crippen molar-refractivity contribution in [2.75, 3.05) is 24.5 Å². The first-order valence-electron chi connectivity index (χ1n) is 6.34. The van der Waals surface area contributed by atoms with E-state index in [4.69, 9.17) is 5.11 Å². The monoisotopic (exact) mass is 250 g/mol. The van der Waals surface area contributed by atoms with Crippen LogP contribution in [0.4, 0.5) is 5.69 Å². The van der Waals surface area contributed by atoms with Crippen LogP contribution in [0.3, 0.4) is 0 Å². The second-order valence-electron chi connectivity index (χ2n) is 4.24. The fourth-order valence-electron chi connectivity index (χ4n) is 1.87. The molecule has 1 aromatic carbocycles. The summed E-state index contributed by atoms with van der Waals surface area (Å²) in [7, 11) is 0. The number of nitrogens with zero attached hydrogens (tertiary/aromatic N) is 1. The summed E-state index contributed by atoms with van der Waals surface area (Å²) < 4.78 is 0. The summed E-state index contributed by atoms with van der Waals surface area (Å²) in [5.41, 5.74) is 2.98. The maximum absolute atomic E-state index is 11.6. The van der Waals surface area contributed by atoms with Gasteiger partial charge in [-0.3, -0.25) is 4.79 Å². The Morgan fingerprint density at radius 3 is 2.61 bits per heavy atom. The molecule has 0 atom stereocenters. The second-order valence-corrected chi connectivity index (χ2v) is 4.24. The van der Waals surface area contributed by atoms with E-state index in [0.717, 1.165) is 23.4 Å². The third-order valence-electron chi connectivity index (χ3n) is 2.95. The highest BCUT2D eigenvalue weighted by atomic mass is 16.3. The smallest absolute Gasteiger partial charge is 0.239 e. The number of hydrogen-bond donors (Lipinski definition) is 2. The number of aliphatic hydroxyl groups is 1. The average Bonchev–Trinajstić information content (AvgIpc) is 2.36. The standard InChI is InChI=1S/C14H22N2O2/c1-4-15-14(18)9-16(5-2)13-7-6-12(10-17)11(3)8-13/h6-8,17H,4-5,9-10H2,1-3H3,(H,15,18). The molecular weight excluding hydrogens is 228 g/mol. The average molecular weight is 250 g/mol. The molecule has 0 heterocycles. The fraction of sp³-hybridized carbons (Fsp3) is 0.500.